The fourth-order valence-electron chi connectivity index (χ4n) is 2.38. The maximum Gasteiger partial charge on any atom is 0.189 e. The van der Waals surface area contributed by atoms with Crippen molar-refractivity contribution < 1.29 is 0 Å². The maximum atomic E-state index is 5.85. The van der Waals surface area contributed by atoms with Gasteiger partial charge < -0.3 is 11.1 Å². The third-order valence-corrected chi connectivity index (χ3v) is 3.63. The predicted molar refractivity (Wildman–Crippen MR) is 85.4 cm³/mol. The molecule has 0 radical (unpaired) electrons. The van der Waals surface area contributed by atoms with Crippen molar-refractivity contribution >= 4 is 29.9 Å². The molecule has 2 saturated carbocycles. The summed E-state index contributed by atoms with van der Waals surface area (Å²) in [5.41, 5.74) is 7.30. The molecule has 4 heteroatoms. The minimum atomic E-state index is 0. The number of hydrogen-bond donors (Lipinski definition) is 2. The van der Waals surface area contributed by atoms with Gasteiger partial charge in [-0.1, -0.05) is 30.3 Å². The molecule has 0 spiro atoms. The van der Waals surface area contributed by atoms with Gasteiger partial charge in [0.25, 0.3) is 0 Å². The van der Waals surface area contributed by atoms with Crippen LogP contribution in [0, 0.1) is 0 Å². The van der Waals surface area contributed by atoms with Crippen LogP contribution in [0.2, 0.25) is 0 Å². The lowest BCUT2D eigenvalue weighted by atomic mass is 9.76. The normalized spacial score (nSPS) is 27.0. The zero-order valence-electron chi connectivity index (χ0n) is 10.4. The van der Waals surface area contributed by atoms with Gasteiger partial charge in [0.05, 0.1) is 6.04 Å². The van der Waals surface area contributed by atoms with Crippen molar-refractivity contribution in [2.45, 2.75) is 43.7 Å². The van der Waals surface area contributed by atoms with Crippen molar-refractivity contribution in [1.82, 2.24) is 5.32 Å². The maximum absolute atomic E-state index is 5.85. The van der Waals surface area contributed by atoms with Gasteiger partial charge in [0.15, 0.2) is 5.96 Å². The average Bonchev–Trinajstić information content (AvgIpc) is 3.08. The van der Waals surface area contributed by atoms with Gasteiger partial charge in [0, 0.05) is 6.04 Å². The van der Waals surface area contributed by atoms with E-state index in [4.69, 9.17) is 5.73 Å². The van der Waals surface area contributed by atoms with Gasteiger partial charge >= 0.3 is 0 Å². The summed E-state index contributed by atoms with van der Waals surface area (Å²) in [5.74, 6) is 1.34. The number of nitrogens with zero attached hydrogens (tertiary/aromatic N) is 1. The molecule has 18 heavy (non-hydrogen) atoms. The molecule has 0 aliphatic heterocycles. The summed E-state index contributed by atoms with van der Waals surface area (Å²) in [6.45, 7) is 0. The van der Waals surface area contributed by atoms with Crippen molar-refractivity contribution in [1.29, 1.82) is 0 Å². The largest absolute Gasteiger partial charge is 0.370 e. The summed E-state index contributed by atoms with van der Waals surface area (Å²) in [5, 5.41) is 3.32. The highest BCUT2D eigenvalue weighted by atomic mass is 127. The van der Waals surface area contributed by atoms with E-state index >= 15 is 0 Å². The molecular weight excluding hydrogens is 337 g/mol. The number of benzene rings is 1. The van der Waals surface area contributed by atoms with Gasteiger partial charge in [-0.3, -0.25) is 4.99 Å². The number of aliphatic imine (C=N–C) groups is 1. The van der Waals surface area contributed by atoms with Crippen LogP contribution in [0.15, 0.2) is 35.3 Å². The van der Waals surface area contributed by atoms with E-state index in [0.29, 0.717) is 24.0 Å². The molecule has 2 aliphatic carbocycles. The molecule has 3 N–H and O–H groups in total. The second kappa shape index (κ2) is 5.91. The van der Waals surface area contributed by atoms with Gasteiger partial charge in [-0.2, -0.15) is 0 Å². The average molecular weight is 357 g/mol. The lowest BCUT2D eigenvalue weighted by Crippen LogP contribution is -2.46. The lowest BCUT2D eigenvalue weighted by molar-refractivity contribution is 0.323. The van der Waals surface area contributed by atoms with Gasteiger partial charge in [-0.15, -0.1) is 24.0 Å². The smallest absolute Gasteiger partial charge is 0.189 e. The molecule has 0 amide bonds. The Morgan fingerprint density at radius 1 is 1.17 bits per heavy atom. The quantitative estimate of drug-likeness (QED) is 0.496. The van der Waals surface area contributed by atoms with Crippen molar-refractivity contribution in [3.05, 3.63) is 35.9 Å². The Hall–Kier alpha value is -0.780. The van der Waals surface area contributed by atoms with Crippen molar-refractivity contribution in [2.75, 3.05) is 0 Å². The van der Waals surface area contributed by atoms with Crippen molar-refractivity contribution in [3.8, 4) is 0 Å². The molecule has 1 aromatic carbocycles. The highest BCUT2D eigenvalue weighted by Crippen LogP contribution is 2.36. The first-order chi connectivity index (χ1) is 8.31. The first-order valence-corrected chi connectivity index (χ1v) is 6.46. The van der Waals surface area contributed by atoms with E-state index in [-0.39, 0.29) is 24.0 Å². The SMILES string of the molecule is I.NC(=NC1CC1)NC1CC(c2ccccc2)C1. The molecule has 1 aromatic rings. The monoisotopic (exact) mass is 357 g/mol. The minimum absolute atomic E-state index is 0. The van der Waals surface area contributed by atoms with E-state index < -0.39 is 0 Å². The van der Waals surface area contributed by atoms with Crippen LogP contribution in [0.1, 0.15) is 37.2 Å². The summed E-state index contributed by atoms with van der Waals surface area (Å²) in [7, 11) is 0. The van der Waals surface area contributed by atoms with Gasteiger partial charge in [0.2, 0.25) is 0 Å². The van der Waals surface area contributed by atoms with Crippen LogP contribution in [0.5, 0.6) is 0 Å². The number of hydrogen-bond acceptors (Lipinski definition) is 1. The summed E-state index contributed by atoms with van der Waals surface area (Å²) < 4.78 is 0. The number of nitrogens with two attached hydrogens (primary N) is 1. The number of rotatable bonds is 3. The zero-order chi connectivity index (χ0) is 11.7. The molecule has 3 rings (SSSR count). The van der Waals surface area contributed by atoms with Crippen LogP contribution in [-0.2, 0) is 0 Å². The number of guanidine groups is 1. The van der Waals surface area contributed by atoms with Crippen LogP contribution in [0.25, 0.3) is 0 Å². The third kappa shape index (κ3) is 3.37. The minimum Gasteiger partial charge on any atom is -0.370 e. The Morgan fingerprint density at radius 2 is 1.83 bits per heavy atom. The van der Waals surface area contributed by atoms with Gasteiger partial charge in [0.1, 0.15) is 0 Å². The Labute approximate surface area is 125 Å². The van der Waals surface area contributed by atoms with Crippen molar-refractivity contribution in [3.63, 3.8) is 0 Å². The van der Waals surface area contributed by atoms with Crippen LogP contribution in [0.4, 0.5) is 0 Å². The standard InChI is InChI=1S/C14H19N3.HI/c15-14(16-12-6-7-12)17-13-8-11(9-13)10-4-2-1-3-5-10;/h1-5,11-13H,6-9H2,(H3,15,16,17);1H. The highest BCUT2D eigenvalue weighted by molar-refractivity contribution is 14.0. The molecule has 0 atom stereocenters. The Morgan fingerprint density at radius 3 is 2.44 bits per heavy atom. The Bertz CT molecular complexity index is 408. The summed E-state index contributed by atoms with van der Waals surface area (Å²) in [6.07, 6.45) is 4.76. The molecule has 2 aliphatic rings. The van der Waals surface area contributed by atoms with Crippen LogP contribution in [-0.4, -0.2) is 18.0 Å². The van der Waals surface area contributed by atoms with E-state index in [2.05, 4.69) is 40.6 Å². The summed E-state index contributed by atoms with van der Waals surface area (Å²) in [4.78, 5) is 4.39. The highest BCUT2D eigenvalue weighted by Gasteiger charge is 2.30. The first-order valence-electron chi connectivity index (χ1n) is 6.46. The second-order valence-corrected chi connectivity index (χ2v) is 5.17. The summed E-state index contributed by atoms with van der Waals surface area (Å²) >= 11 is 0. The fraction of sp³-hybridized carbons (Fsp3) is 0.500. The number of halogens is 1. The van der Waals surface area contributed by atoms with Crippen LogP contribution in [0.3, 0.4) is 0 Å². The molecule has 0 unspecified atom stereocenters. The van der Waals surface area contributed by atoms with E-state index in [1.807, 2.05) is 0 Å². The van der Waals surface area contributed by atoms with Crippen LogP contribution < -0.4 is 11.1 Å². The Kier molecular flexibility index (Phi) is 4.48. The summed E-state index contributed by atoms with van der Waals surface area (Å²) in [6, 6.07) is 11.7. The molecule has 0 aromatic heterocycles. The predicted octanol–water partition coefficient (Wildman–Crippen LogP) is 2.62. The third-order valence-electron chi connectivity index (χ3n) is 3.63. The lowest BCUT2D eigenvalue weighted by Gasteiger charge is -2.36. The van der Waals surface area contributed by atoms with E-state index in [9.17, 15) is 0 Å². The molecule has 2 fully saturated rings. The molecule has 0 saturated heterocycles. The molecule has 0 heterocycles. The molecule has 3 nitrogen and oxygen atoms in total. The van der Waals surface area contributed by atoms with Gasteiger partial charge in [-0.05, 0) is 37.2 Å². The first kappa shape index (κ1) is 13.6. The zero-order valence-corrected chi connectivity index (χ0v) is 12.7. The van der Waals surface area contributed by atoms with Gasteiger partial charge in [-0.25, -0.2) is 0 Å². The van der Waals surface area contributed by atoms with Crippen molar-refractivity contribution in [2.24, 2.45) is 10.7 Å². The molecule has 98 valence electrons. The molecular formula is C14H20IN3. The van der Waals surface area contributed by atoms with E-state index in [1.54, 1.807) is 0 Å². The van der Waals surface area contributed by atoms with Crippen LogP contribution >= 0.6 is 24.0 Å². The number of nitrogens with one attached hydrogen (secondary N) is 1. The Balaban J connectivity index is 0.00000120. The second-order valence-electron chi connectivity index (χ2n) is 5.17. The van der Waals surface area contributed by atoms with E-state index in [1.165, 1.54) is 31.2 Å². The topological polar surface area (TPSA) is 50.4 Å². The van der Waals surface area contributed by atoms with E-state index in [0.717, 1.165) is 0 Å². The fourth-order valence-corrected chi connectivity index (χ4v) is 2.38. The molecule has 0 bridgehead atoms.